The van der Waals surface area contributed by atoms with Crippen LogP contribution in [0, 0.1) is 18.3 Å². The van der Waals surface area contributed by atoms with Gasteiger partial charge in [0, 0.05) is 12.6 Å². The van der Waals surface area contributed by atoms with Gasteiger partial charge in [-0.1, -0.05) is 30.3 Å². The number of nitrogens with one attached hydrogen (secondary N) is 1. The summed E-state index contributed by atoms with van der Waals surface area (Å²) in [4.78, 5) is 18.1. The number of carbonyl (C=O) groups excluding carboxylic acids is 1. The van der Waals surface area contributed by atoms with Crippen LogP contribution in [-0.4, -0.2) is 27.8 Å². The number of nitriles is 1. The minimum absolute atomic E-state index is 0.330. The number of ether oxygens (including phenoxy) is 1. The Morgan fingerprint density at radius 2 is 1.93 bits per heavy atom. The zero-order valence-corrected chi connectivity index (χ0v) is 16.8. The zero-order valence-electron chi connectivity index (χ0n) is 16.8. The Kier molecular flexibility index (Phi) is 4.90. The highest BCUT2D eigenvalue weighted by Crippen LogP contribution is 2.30. The highest BCUT2D eigenvalue weighted by atomic mass is 16.5. The van der Waals surface area contributed by atoms with Crippen molar-refractivity contribution in [3.8, 4) is 23.1 Å². The number of hydrogen-bond acceptors (Lipinski definition) is 5. The second-order valence-corrected chi connectivity index (χ2v) is 6.81. The summed E-state index contributed by atoms with van der Waals surface area (Å²) in [6.45, 7) is 1.85. The number of hydrogen-bond donors (Lipinski definition) is 1. The molecule has 30 heavy (non-hydrogen) atoms. The maximum atomic E-state index is 13.3. The van der Waals surface area contributed by atoms with Crippen LogP contribution in [0.5, 0.6) is 5.75 Å². The standard InChI is InChI=1S/C23H19N5O2/c1-14-21-17(23(29)26-19-11-15(13-24)9-10-20(19)30-3)12-18(16-7-5-4-6-8-16)25-22(21)28(2)27-14/h4-12H,1-3H3,(H,26,29). The molecule has 0 aliphatic carbocycles. The lowest BCUT2D eigenvalue weighted by atomic mass is 10.0. The number of anilines is 1. The molecule has 4 rings (SSSR count). The van der Waals surface area contributed by atoms with Crippen molar-refractivity contribution in [2.75, 3.05) is 12.4 Å². The molecule has 1 amide bonds. The molecule has 2 heterocycles. The first-order valence-corrected chi connectivity index (χ1v) is 9.31. The van der Waals surface area contributed by atoms with Crippen LogP contribution in [0.25, 0.3) is 22.3 Å². The highest BCUT2D eigenvalue weighted by Gasteiger charge is 2.20. The van der Waals surface area contributed by atoms with Crippen molar-refractivity contribution in [2.45, 2.75) is 6.92 Å². The third-order valence-electron chi connectivity index (χ3n) is 4.86. The quantitative estimate of drug-likeness (QED) is 0.560. The van der Waals surface area contributed by atoms with Gasteiger partial charge in [-0.2, -0.15) is 10.4 Å². The smallest absolute Gasteiger partial charge is 0.256 e. The Balaban J connectivity index is 1.86. The number of methoxy groups -OCH3 is 1. The largest absolute Gasteiger partial charge is 0.495 e. The van der Waals surface area contributed by atoms with Crippen molar-refractivity contribution >= 4 is 22.6 Å². The first-order valence-electron chi connectivity index (χ1n) is 9.31. The van der Waals surface area contributed by atoms with E-state index in [2.05, 4.69) is 16.5 Å². The van der Waals surface area contributed by atoms with Gasteiger partial charge in [-0.25, -0.2) is 4.98 Å². The van der Waals surface area contributed by atoms with Crippen LogP contribution in [0.4, 0.5) is 5.69 Å². The average molecular weight is 397 g/mol. The Bertz CT molecular complexity index is 1300. The minimum Gasteiger partial charge on any atom is -0.495 e. The van der Waals surface area contributed by atoms with Crippen LogP contribution in [0.15, 0.2) is 54.6 Å². The maximum Gasteiger partial charge on any atom is 0.256 e. The predicted octanol–water partition coefficient (Wildman–Crippen LogP) is 4.08. The van der Waals surface area contributed by atoms with Gasteiger partial charge in [0.2, 0.25) is 0 Å². The molecule has 0 aliphatic rings. The van der Waals surface area contributed by atoms with Crippen LogP contribution >= 0.6 is 0 Å². The average Bonchev–Trinajstić information content (AvgIpc) is 3.07. The molecule has 1 N–H and O–H groups in total. The zero-order chi connectivity index (χ0) is 21.3. The molecule has 4 aromatic rings. The van der Waals surface area contributed by atoms with E-state index < -0.39 is 0 Å². The molecule has 2 aromatic carbocycles. The summed E-state index contributed by atoms with van der Waals surface area (Å²) >= 11 is 0. The molecule has 0 unspecified atom stereocenters. The van der Waals surface area contributed by atoms with Gasteiger partial charge in [0.25, 0.3) is 5.91 Å². The monoisotopic (exact) mass is 397 g/mol. The second kappa shape index (κ2) is 7.68. The molecule has 0 bridgehead atoms. The van der Waals surface area contributed by atoms with Gasteiger partial charge < -0.3 is 10.1 Å². The number of rotatable bonds is 4. The van der Waals surface area contributed by atoms with Crippen molar-refractivity contribution in [1.29, 1.82) is 5.26 Å². The fourth-order valence-corrected chi connectivity index (χ4v) is 3.45. The van der Waals surface area contributed by atoms with E-state index in [1.807, 2.05) is 37.3 Å². The van der Waals surface area contributed by atoms with Gasteiger partial charge in [0.05, 0.1) is 46.8 Å². The number of amides is 1. The first kappa shape index (κ1) is 19.2. The van der Waals surface area contributed by atoms with Gasteiger partial charge in [-0.3, -0.25) is 9.48 Å². The third kappa shape index (κ3) is 3.35. The summed E-state index contributed by atoms with van der Waals surface area (Å²) in [7, 11) is 3.32. The molecule has 2 aromatic heterocycles. The van der Waals surface area contributed by atoms with Gasteiger partial charge in [0.1, 0.15) is 5.75 Å². The summed E-state index contributed by atoms with van der Waals surface area (Å²) in [5.41, 5.74) is 4.21. The molecule has 148 valence electrons. The number of fused-ring (bicyclic) bond motifs is 1. The molecular weight excluding hydrogens is 378 g/mol. The van der Waals surface area contributed by atoms with Gasteiger partial charge >= 0.3 is 0 Å². The molecule has 0 radical (unpaired) electrons. The van der Waals surface area contributed by atoms with E-state index in [0.717, 1.165) is 5.56 Å². The van der Waals surface area contributed by atoms with Crippen molar-refractivity contribution in [3.05, 3.63) is 71.4 Å². The summed E-state index contributed by atoms with van der Waals surface area (Å²) < 4.78 is 7.01. The number of benzene rings is 2. The van der Waals surface area contributed by atoms with Gasteiger partial charge in [0.15, 0.2) is 5.65 Å². The fraction of sp³-hybridized carbons (Fsp3) is 0.130. The summed E-state index contributed by atoms with van der Waals surface area (Å²) in [6.07, 6.45) is 0. The van der Waals surface area contributed by atoms with E-state index in [-0.39, 0.29) is 5.91 Å². The van der Waals surface area contributed by atoms with Crippen molar-refractivity contribution in [3.63, 3.8) is 0 Å². The lowest BCUT2D eigenvalue weighted by Gasteiger charge is -2.12. The van der Waals surface area contributed by atoms with Crippen LogP contribution in [0.2, 0.25) is 0 Å². The molecule has 7 nitrogen and oxygen atoms in total. The Hall–Kier alpha value is -4.18. The summed E-state index contributed by atoms with van der Waals surface area (Å²) in [5.74, 6) is 0.142. The number of aryl methyl sites for hydroxylation is 2. The fourth-order valence-electron chi connectivity index (χ4n) is 3.45. The molecule has 0 fully saturated rings. The molecule has 0 aliphatic heterocycles. The highest BCUT2D eigenvalue weighted by molar-refractivity contribution is 6.13. The molecular formula is C23H19N5O2. The normalized spacial score (nSPS) is 10.6. The Morgan fingerprint density at radius 1 is 1.17 bits per heavy atom. The summed E-state index contributed by atoms with van der Waals surface area (Å²) in [5, 5.41) is 17.2. The van der Waals surface area contributed by atoms with Crippen LogP contribution < -0.4 is 10.1 Å². The predicted molar refractivity (Wildman–Crippen MR) is 114 cm³/mol. The molecule has 0 saturated carbocycles. The van der Waals surface area contributed by atoms with E-state index in [1.165, 1.54) is 7.11 Å². The van der Waals surface area contributed by atoms with E-state index in [9.17, 15) is 10.1 Å². The van der Waals surface area contributed by atoms with Gasteiger partial charge in [-0.05, 0) is 31.2 Å². The number of carbonyl (C=O) groups is 1. The van der Waals surface area contributed by atoms with Crippen LogP contribution in [0.3, 0.4) is 0 Å². The van der Waals surface area contributed by atoms with E-state index in [1.54, 1.807) is 36.0 Å². The number of aromatic nitrogens is 3. The van der Waals surface area contributed by atoms with E-state index >= 15 is 0 Å². The molecule has 0 saturated heterocycles. The number of nitrogens with zero attached hydrogens (tertiary/aromatic N) is 4. The molecule has 0 spiro atoms. The van der Waals surface area contributed by atoms with Crippen molar-refractivity contribution in [2.24, 2.45) is 7.05 Å². The first-order chi connectivity index (χ1) is 14.5. The molecule has 0 atom stereocenters. The van der Waals surface area contributed by atoms with Crippen LogP contribution in [0.1, 0.15) is 21.6 Å². The van der Waals surface area contributed by atoms with E-state index in [4.69, 9.17) is 9.72 Å². The minimum atomic E-state index is -0.330. The maximum absolute atomic E-state index is 13.3. The summed E-state index contributed by atoms with van der Waals surface area (Å²) in [6, 6.07) is 18.4. The van der Waals surface area contributed by atoms with E-state index in [0.29, 0.717) is 45.0 Å². The van der Waals surface area contributed by atoms with Crippen LogP contribution in [-0.2, 0) is 7.05 Å². The third-order valence-corrected chi connectivity index (χ3v) is 4.86. The number of pyridine rings is 1. The van der Waals surface area contributed by atoms with Gasteiger partial charge in [-0.15, -0.1) is 0 Å². The Morgan fingerprint density at radius 3 is 2.63 bits per heavy atom. The second-order valence-electron chi connectivity index (χ2n) is 6.81. The topological polar surface area (TPSA) is 92.8 Å². The van der Waals surface area contributed by atoms with Crippen molar-refractivity contribution in [1.82, 2.24) is 14.8 Å². The lowest BCUT2D eigenvalue weighted by Crippen LogP contribution is -2.14. The van der Waals surface area contributed by atoms with Crippen molar-refractivity contribution < 1.29 is 9.53 Å². The lowest BCUT2D eigenvalue weighted by molar-refractivity contribution is 0.102. The SMILES string of the molecule is COc1ccc(C#N)cc1NC(=O)c1cc(-c2ccccc2)nc2c1c(C)nn2C. The Labute approximate surface area is 173 Å². The molecule has 7 heteroatoms.